The quantitative estimate of drug-likeness (QED) is 0.550. The molecule has 0 radical (unpaired) electrons. The molecule has 0 spiro atoms. The van der Waals surface area contributed by atoms with Gasteiger partial charge in [-0.2, -0.15) is 0 Å². The van der Waals surface area contributed by atoms with Crippen LogP contribution in [-0.2, 0) is 0 Å². The summed E-state index contributed by atoms with van der Waals surface area (Å²) in [6, 6.07) is 5.32. The predicted octanol–water partition coefficient (Wildman–Crippen LogP) is 1.96. The van der Waals surface area contributed by atoms with Gasteiger partial charge in [0.2, 0.25) is 0 Å². The number of anilines is 1. The van der Waals surface area contributed by atoms with Crippen LogP contribution in [0.5, 0.6) is 11.5 Å². The summed E-state index contributed by atoms with van der Waals surface area (Å²) < 4.78 is 10.3. The van der Waals surface area contributed by atoms with Gasteiger partial charge in [-0.25, -0.2) is 0 Å². The maximum Gasteiger partial charge on any atom is 0.126 e. The van der Waals surface area contributed by atoms with E-state index in [1.807, 2.05) is 0 Å². The van der Waals surface area contributed by atoms with Gasteiger partial charge in [0.15, 0.2) is 0 Å². The first kappa shape index (κ1) is 12.9. The van der Waals surface area contributed by atoms with Crippen LogP contribution in [0.25, 0.3) is 0 Å². The first-order chi connectivity index (χ1) is 8.10. The molecular weight excluding hydrogens is 218 g/mol. The van der Waals surface area contributed by atoms with Gasteiger partial charge >= 0.3 is 0 Å². The highest BCUT2D eigenvalue weighted by Crippen LogP contribution is 2.25. The van der Waals surface area contributed by atoms with E-state index < -0.39 is 0 Å². The molecule has 92 valence electrons. The SMILES string of the molecule is COc1cc(NC(=N)/C(C)=C\N)cc(OC)c1. The van der Waals surface area contributed by atoms with E-state index in [2.05, 4.69) is 5.32 Å². The summed E-state index contributed by atoms with van der Waals surface area (Å²) in [7, 11) is 3.16. The zero-order valence-corrected chi connectivity index (χ0v) is 10.2. The summed E-state index contributed by atoms with van der Waals surface area (Å²) >= 11 is 0. The van der Waals surface area contributed by atoms with Crippen LogP contribution >= 0.6 is 0 Å². The van der Waals surface area contributed by atoms with E-state index in [9.17, 15) is 0 Å². The molecule has 0 unspecified atom stereocenters. The molecule has 0 atom stereocenters. The Labute approximate surface area is 101 Å². The topological polar surface area (TPSA) is 80.4 Å². The van der Waals surface area contributed by atoms with E-state index >= 15 is 0 Å². The second-order valence-corrected chi connectivity index (χ2v) is 3.45. The maximum absolute atomic E-state index is 7.75. The van der Waals surface area contributed by atoms with E-state index in [1.54, 1.807) is 39.3 Å². The molecule has 17 heavy (non-hydrogen) atoms. The first-order valence-corrected chi connectivity index (χ1v) is 5.08. The van der Waals surface area contributed by atoms with E-state index in [1.165, 1.54) is 6.20 Å². The molecule has 1 rings (SSSR count). The smallest absolute Gasteiger partial charge is 0.126 e. The summed E-state index contributed by atoms with van der Waals surface area (Å²) in [6.45, 7) is 1.76. The largest absolute Gasteiger partial charge is 0.497 e. The minimum Gasteiger partial charge on any atom is -0.497 e. The lowest BCUT2D eigenvalue weighted by atomic mass is 10.2. The van der Waals surface area contributed by atoms with Crippen LogP contribution in [0.1, 0.15) is 6.92 Å². The van der Waals surface area contributed by atoms with Crippen molar-refractivity contribution in [1.82, 2.24) is 0 Å². The number of nitrogens with two attached hydrogens (primary N) is 1. The van der Waals surface area contributed by atoms with Crippen molar-refractivity contribution in [2.24, 2.45) is 5.73 Å². The third-order valence-electron chi connectivity index (χ3n) is 2.27. The lowest BCUT2D eigenvalue weighted by molar-refractivity contribution is 0.395. The predicted molar refractivity (Wildman–Crippen MR) is 68.8 cm³/mol. The molecule has 0 heterocycles. The Kier molecular flexibility index (Phi) is 4.39. The molecule has 0 amide bonds. The number of amidine groups is 1. The zero-order chi connectivity index (χ0) is 12.8. The van der Waals surface area contributed by atoms with Gasteiger partial charge in [0.25, 0.3) is 0 Å². The molecule has 0 aliphatic carbocycles. The van der Waals surface area contributed by atoms with E-state index in [4.69, 9.17) is 20.6 Å². The highest BCUT2D eigenvalue weighted by Gasteiger charge is 2.04. The minimum atomic E-state index is 0.239. The van der Waals surface area contributed by atoms with Crippen molar-refractivity contribution in [2.75, 3.05) is 19.5 Å². The van der Waals surface area contributed by atoms with Gasteiger partial charge in [-0.1, -0.05) is 0 Å². The van der Waals surface area contributed by atoms with Gasteiger partial charge in [-0.05, 0) is 6.92 Å². The van der Waals surface area contributed by atoms with Gasteiger partial charge < -0.3 is 20.5 Å². The third kappa shape index (κ3) is 3.41. The molecule has 1 aromatic carbocycles. The summed E-state index contributed by atoms with van der Waals surface area (Å²) in [5.41, 5.74) is 6.72. The third-order valence-corrected chi connectivity index (χ3v) is 2.27. The molecule has 0 saturated heterocycles. The number of nitrogens with one attached hydrogen (secondary N) is 2. The molecule has 0 bridgehead atoms. The molecule has 0 fully saturated rings. The lowest BCUT2D eigenvalue weighted by Gasteiger charge is -2.11. The molecule has 5 nitrogen and oxygen atoms in total. The molecule has 4 N–H and O–H groups in total. The van der Waals surface area contributed by atoms with E-state index in [0.717, 1.165) is 0 Å². The first-order valence-electron chi connectivity index (χ1n) is 5.08. The molecular formula is C12H17N3O2. The van der Waals surface area contributed by atoms with Gasteiger partial charge in [-0.15, -0.1) is 0 Å². The zero-order valence-electron chi connectivity index (χ0n) is 10.2. The number of hydrogen-bond donors (Lipinski definition) is 3. The van der Waals surface area contributed by atoms with Crippen LogP contribution in [0.15, 0.2) is 30.0 Å². The van der Waals surface area contributed by atoms with Crippen molar-refractivity contribution in [3.05, 3.63) is 30.0 Å². The van der Waals surface area contributed by atoms with Crippen LogP contribution in [0.3, 0.4) is 0 Å². The van der Waals surface area contributed by atoms with E-state index in [0.29, 0.717) is 22.8 Å². The lowest BCUT2D eigenvalue weighted by Crippen LogP contribution is -2.12. The second-order valence-electron chi connectivity index (χ2n) is 3.45. The highest BCUT2D eigenvalue weighted by molar-refractivity contribution is 6.05. The fourth-order valence-electron chi connectivity index (χ4n) is 1.21. The highest BCUT2D eigenvalue weighted by atomic mass is 16.5. The fraction of sp³-hybridized carbons (Fsp3) is 0.250. The van der Waals surface area contributed by atoms with E-state index in [-0.39, 0.29) is 5.84 Å². The Morgan fingerprint density at radius 1 is 1.24 bits per heavy atom. The van der Waals surface area contributed by atoms with Crippen LogP contribution in [0.2, 0.25) is 0 Å². The standard InChI is InChI=1S/C12H17N3O2/c1-8(7-13)12(14)15-9-4-10(16-2)6-11(5-9)17-3/h4-7H,13H2,1-3H3,(H2,14,15)/b8-7-. The average Bonchev–Trinajstić information content (AvgIpc) is 2.36. The Morgan fingerprint density at radius 3 is 2.18 bits per heavy atom. The Morgan fingerprint density at radius 2 is 1.76 bits per heavy atom. The number of rotatable bonds is 4. The molecule has 0 aliphatic heterocycles. The van der Waals surface area contributed by atoms with Crippen molar-refractivity contribution in [3.8, 4) is 11.5 Å². The fourth-order valence-corrected chi connectivity index (χ4v) is 1.21. The molecule has 1 aromatic rings. The number of benzene rings is 1. The Bertz CT molecular complexity index is 419. The second kappa shape index (κ2) is 5.79. The summed E-state index contributed by atoms with van der Waals surface area (Å²) in [5, 5.41) is 10.7. The minimum absolute atomic E-state index is 0.239. The normalized spacial score (nSPS) is 10.9. The Hall–Kier alpha value is -2.17. The molecule has 0 aliphatic rings. The van der Waals surface area contributed by atoms with Crippen molar-refractivity contribution in [2.45, 2.75) is 6.92 Å². The van der Waals surface area contributed by atoms with Gasteiger partial charge in [0, 0.05) is 35.7 Å². The van der Waals surface area contributed by atoms with Crippen LogP contribution in [-0.4, -0.2) is 20.1 Å². The van der Waals surface area contributed by atoms with Crippen molar-refractivity contribution < 1.29 is 9.47 Å². The number of ether oxygens (including phenoxy) is 2. The van der Waals surface area contributed by atoms with Crippen LogP contribution in [0, 0.1) is 5.41 Å². The molecule has 0 saturated carbocycles. The van der Waals surface area contributed by atoms with Gasteiger partial charge in [0.1, 0.15) is 17.3 Å². The molecule has 5 heteroatoms. The van der Waals surface area contributed by atoms with Gasteiger partial charge in [0.05, 0.1) is 14.2 Å². The van der Waals surface area contributed by atoms with Crippen molar-refractivity contribution >= 4 is 11.5 Å². The van der Waals surface area contributed by atoms with Crippen LogP contribution < -0.4 is 20.5 Å². The number of hydrogen-bond acceptors (Lipinski definition) is 4. The Balaban J connectivity index is 2.94. The maximum atomic E-state index is 7.75. The van der Waals surface area contributed by atoms with Crippen LogP contribution in [0.4, 0.5) is 5.69 Å². The average molecular weight is 235 g/mol. The summed E-state index contributed by atoms with van der Waals surface area (Å²) in [5.74, 6) is 1.56. The van der Waals surface area contributed by atoms with Gasteiger partial charge in [-0.3, -0.25) is 5.41 Å². The molecule has 0 aromatic heterocycles. The van der Waals surface area contributed by atoms with Crippen molar-refractivity contribution in [3.63, 3.8) is 0 Å². The summed E-state index contributed by atoms with van der Waals surface area (Å²) in [4.78, 5) is 0. The monoisotopic (exact) mass is 235 g/mol. The number of methoxy groups -OCH3 is 2. The summed E-state index contributed by atoms with van der Waals surface area (Å²) in [6.07, 6.45) is 1.38. The van der Waals surface area contributed by atoms with Crippen molar-refractivity contribution in [1.29, 1.82) is 5.41 Å².